The predicted molar refractivity (Wildman–Crippen MR) is 92.0 cm³/mol. The summed E-state index contributed by atoms with van der Waals surface area (Å²) in [4.78, 5) is 0. The van der Waals surface area contributed by atoms with E-state index in [1.165, 1.54) is 0 Å². The Morgan fingerprint density at radius 1 is 1.23 bits per heavy atom. The number of amidine groups is 1. The molecule has 4 heteroatoms. The average molecular weight is 296 g/mol. The molecule has 0 atom stereocenters. The molecule has 0 aliphatic rings. The smallest absolute Gasteiger partial charge is 0.123 e. The van der Waals surface area contributed by atoms with E-state index < -0.39 is 0 Å². The number of para-hydroxylation sites is 1. The second-order valence-electron chi connectivity index (χ2n) is 5.22. The third-order valence-electron chi connectivity index (χ3n) is 3.71. The van der Waals surface area contributed by atoms with Crippen molar-refractivity contribution in [2.75, 3.05) is 19.5 Å². The third-order valence-corrected chi connectivity index (χ3v) is 3.71. The van der Waals surface area contributed by atoms with Crippen molar-refractivity contribution < 1.29 is 4.74 Å². The van der Waals surface area contributed by atoms with Gasteiger partial charge in [0.15, 0.2) is 0 Å². The molecule has 115 valence electrons. The lowest BCUT2D eigenvalue weighted by Gasteiger charge is -2.18. The van der Waals surface area contributed by atoms with E-state index in [4.69, 9.17) is 21.6 Å². The van der Waals surface area contributed by atoms with Crippen LogP contribution in [-0.4, -0.2) is 19.6 Å². The Labute approximate surface area is 131 Å². The summed E-state index contributed by atoms with van der Waals surface area (Å²) < 4.78 is 5.14. The fraction of sp³-hybridized carbons (Fsp3) is 0.222. The van der Waals surface area contributed by atoms with Crippen molar-refractivity contribution in [2.24, 2.45) is 5.73 Å². The van der Waals surface area contributed by atoms with Crippen LogP contribution in [-0.2, 0) is 11.2 Å². The quantitative estimate of drug-likeness (QED) is 0.331. The van der Waals surface area contributed by atoms with Gasteiger partial charge < -0.3 is 16.2 Å². The minimum absolute atomic E-state index is 0.0336. The highest BCUT2D eigenvalue weighted by atomic mass is 16.5. The van der Waals surface area contributed by atoms with Crippen molar-refractivity contribution in [2.45, 2.75) is 12.8 Å². The Morgan fingerprint density at radius 3 is 2.59 bits per heavy atom. The van der Waals surface area contributed by atoms with Crippen LogP contribution in [0.15, 0.2) is 36.4 Å². The van der Waals surface area contributed by atoms with E-state index in [2.05, 4.69) is 6.92 Å². The van der Waals surface area contributed by atoms with Crippen LogP contribution in [0.4, 0.5) is 5.69 Å². The minimum atomic E-state index is 0.0336. The topological polar surface area (TPSA) is 85.1 Å². The average Bonchev–Trinajstić information content (AvgIpc) is 2.49. The zero-order valence-electron chi connectivity index (χ0n) is 12.9. The first kappa shape index (κ1) is 16.0. The van der Waals surface area contributed by atoms with Gasteiger partial charge in [0, 0.05) is 30.5 Å². The Balaban J connectivity index is 2.63. The summed E-state index contributed by atoms with van der Waals surface area (Å²) in [6.07, 6.45) is 1.68. The van der Waals surface area contributed by atoms with Gasteiger partial charge in [-0.2, -0.15) is 0 Å². The normalized spacial score (nSPS) is 10.6. The first-order chi connectivity index (χ1) is 10.6. The van der Waals surface area contributed by atoms with Gasteiger partial charge in [-0.15, -0.1) is 0 Å². The van der Waals surface area contributed by atoms with E-state index in [0.29, 0.717) is 17.9 Å². The van der Waals surface area contributed by atoms with Crippen LogP contribution in [0.1, 0.15) is 23.1 Å². The van der Waals surface area contributed by atoms with Gasteiger partial charge >= 0.3 is 0 Å². The summed E-state index contributed by atoms with van der Waals surface area (Å²) in [6.45, 7) is 4.80. The summed E-state index contributed by atoms with van der Waals surface area (Å²) in [6, 6.07) is 11.4. The van der Waals surface area contributed by atoms with Crippen molar-refractivity contribution in [3.05, 3.63) is 60.0 Å². The van der Waals surface area contributed by atoms with E-state index in [1.54, 1.807) is 7.11 Å². The molecule has 4 nitrogen and oxygen atoms in total. The van der Waals surface area contributed by atoms with Crippen molar-refractivity contribution in [3.63, 3.8) is 0 Å². The van der Waals surface area contributed by atoms with Crippen molar-refractivity contribution >= 4 is 11.5 Å². The molecule has 0 amide bonds. The first-order valence-electron chi connectivity index (χ1n) is 7.22. The molecule has 0 spiro atoms. The number of nitrogen functional groups attached to an aromatic ring is 2. The van der Waals surface area contributed by atoms with Gasteiger partial charge in [-0.25, -0.2) is 0 Å². The Hall–Kier alpha value is -2.33. The number of hydrogen-bond acceptors (Lipinski definition) is 3. The maximum Gasteiger partial charge on any atom is 0.123 e. The van der Waals surface area contributed by atoms with Gasteiger partial charge in [-0.1, -0.05) is 30.3 Å². The molecule has 2 aromatic carbocycles. The number of methoxy groups -OCH3 is 1. The molecule has 0 aromatic heterocycles. The molecule has 0 saturated heterocycles. The first-order valence-corrected chi connectivity index (χ1v) is 7.22. The van der Waals surface area contributed by atoms with Crippen LogP contribution in [0.5, 0.6) is 0 Å². The molecule has 5 N–H and O–H groups in total. The zero-order valence-corrected chi connectivity index (χ0v) is 12.9. The fourth-order valence-corrected chi connectivity index (χ4v) is 2.63. The maximum absolute atomic E-state index is 7.87. The number of nitrogens with two attached hydrogens (primary N) is 2. The van der Waals surface area contributed by atoms with Crippen LogP contribution >= 0.6 is 0 Å². The van der Waals surface area contributed by atoms with E-state index in [0.717, 1.165) is 35.1 Å². The van der Waals surface area contributed by atoms with Crippen LogP contribution < -0.4 is 11.5 Å². The monoisotopic (exact) mass is 296 g/mol. The molecule has 0 bridgehead atoms. The molecule has 0 aliphatic heterocycles. The molecule has 2 aromatic rings. The number of nitrogens with one attached hydrogen (secondary N) is 1. The lowest BCUT2D eigenvalue weighted by molar-refractivity contribution is 0.195. The van der Waals surface area contributed by atoms with E-state index in [-0.39, 0.29) is 5.84 Å². The molecule has 1 radical (unpaired) electrons. The van der Waals surface area contributed by atoms with Gasteiger partial charge in [-0.05, 0) is 42.5 Å². The van der Waals surface area contributed by atoms with Gasteiger partial charge in [0.05, 0.1) is 0 Å². The summed E-state index contributed by atoms with van der Waals surface area (Å²) >= 11 is 0. The van der Waals surface area contributed by atoms with E-state index in [1.807, 2.05) is 36.4 Å². The summed E-state index contributed by atoms with van der Waals surface area (Å²) in [5.74, 6) is 0.0336. The highest BCUT2D eigenvalue weighted by Gasteiger charge is 2.16. The molecule has 22 heavy (non-hydrogen) atoms. The van der Waals surface area contributed by atoms with Crippen molar-refractivity contribution in [3.8, 4) is 11.1 Å². The Kier molecular flexibility index (Phi) is 5.17. The Morgan fingerprint density at radius 2 is 1.95 bits per heavy atom. The van der Waals surface area contributed by atoms with Gasteiger partial charge in [0.25, 0.3) is 0 Å². The third kappa shape index (κ3) is 3.28. The molecule has 0 unspecified atom stereocenters. The Bertz CT molecular complexity index is 680. The van der Waals surface area contributed by atoms with Crippen LogP contribution in [0.25, 0.3) is 11.1 Å². The fourth-order valence-electron chi connectivity index (χ4n) is 2.63. The molecule has 0 heterocycles. The van der Waals surface area contributed by atoms with Crippen LogP contribution in [0.2, 0.25) is 0 Å². The van der Waals surface area contributed by atoms with E-state index >= 15 is 0 Å². The molecular weight excluding hydrogens is 274 g/mol. The molecular formula is C18H22N3O. The van der Waals surface area contributed by atoms with Crippen LogP contribution in [0.3, 0.4) is 0 Å². The second-order valence-corrected chi connectivity index (χ2v) is 5.22. The second kappa shape index (κ2) is 7.09. The number of rotatable bonds is 6. The van der Waals surface area contributed by atoms with Gasteiger partial charge in [0.1, 0.15) is 5.84 Å². The van der Waals surface area contributed by atoms with Crippen molar-refractivity contribution in [1.29, 1.82) is 5.41 Å². The summed E-state index contributed by atoms with van der Waals surface area (Å²) in [7, 11) is 1.69. The minimum Gasteiger partial charge on any atom is -0.398 e. The molecule has 2 rings (SSSR count). The maximum atomic E-state index is 7.87. The van der Waals surface area contributed by atoms with E-state index in [9.17, 15) is 0 Å². The standard InChI is InChI=1S/C18H22N3O/c1-12-9-10-15(18(20)21)17(13(12)7-5-11-22-2)14-6-3-4-8-16(14)19/h3-4,6,8-10H,1,5,7,11,19H2,2H3,(H3,20,21). The lowest BCUT2D eigenvalue weighted by atomic mass is 9.88. The molecule has 0 saturated carbocycles. The SMILES string of the molecule is [CH2]c1ccc(C(=N)N)c(-c2ccccc2N)c1CCCOC. The number of hydrogen-bond donors (Lipinski definition) is 3. The van der Waals surface area contributed by atoms with Crippen molar-refractivity contribution in [1.82, 2.24) is 0 Å². The lowest BCUT2D eigenvalue weighted by Crippen LogP contribution is -2.15. The largest absolute Gasteiger partial charge is 0.398 e. The number of benzene rings is 2. The highest BCUT2D eigenvalue weighted by molar-refractivity contribution is 6.03. The zero-order chi connectivity index (χ0) is 16.1. The number of anilines is 1. The van der Waals surface area contributed by atoms with Gasteiger partial charge in [0.2, 0.25) is 0 Å². The summed E-state index contributed by atoms with van der Waals surface area (Å²) in [5.41, 5.74) is 17.1. The summed E-state index contributed by atoms with van der Waals surface area (Å²) in [5, 5.41) is 7.87. The molecule has 0 aliphatic carbocycles. The highest BCUT2D eigenvalue weighted by Crippen LogP contribution is 2.34. The van der Waals surface area contributed by atoms with Gasteiger partial charge in [-0.3, -0.25) is 5.41 Å². The van der Waals surface area contributed by atoms with Crippen LogP contribution in [0, 0.1) is 12.3 Å². The number of ether oxygens (including phenoxy) is 1. The predicted octanol–water partition coefficient (Wildman–Crippen LogP) is 2.98. The molecule has 0 fully saturated rings.